The third-order valence-corrected chi connectivity index (χ3v) is 6.82. The van der Waals surface area contributed by atoms with Gasteiger partial charge in [-0.05, 0) is 36.0 Å². The third kappa shape index (κ3) is 6.87. The summed E-state index contributed by atoms with van der Waals surface area (Å²) in [6, 6.07) is 5.73. The summed E-state index contributed by atoms with van der Waals surface area (Å²) in [5.74, 6) is -0.239. The van der Waals surface area contributed by atoms with Crippen LogP contribution >= 0.6 is 11.6 Å². The van der Waals surface area contributed by atoms with Crippen molar-refractivity contribution in [3.8, 4) is 0 Å². The van der Waals surface area contributed by atoms with Crippen LogP contribution in [0.1, 0.15) is 34.1 Å². The van der Waals surface area contributed by atoms with Gasteiger partial charge in [0, 0.05) is 43.4 Å². The van der Waals surface area contributed by atoms with Crippen LogP contribution < -0.4 is 15.5 Å². The first-order chi connectivity index (χ1) is 16.5. The summed E-state index contributed by atoms with van der Waals surface area (Å²) in [6.45, 7) is 10.3. The van der Waals surface area contributed by atoms with Crippen molar-refractivity contribution < 1.29 is 19.2 Å². The predicted octanol–water partition coefficient (Wildman–Crippen LogP) is 2.14. The molecule has 0 aromatic heterocycles. The van der Waals surface area contributed by atoms with Gasteiger partial charge in [-0.25, -0.2) is 4.79 Å². The Labute approximate surface area is 212 Å². The molecule has 0 radical (unpaired) electrons. The number of rotatable bonds is 6. The van der Waals surface area contributed by atoms with Gasteiger partial charge in [0.15, 0.2) is 0 Å². The molecule has 0 aliphatic carbocycles. The van der Waals surface area contributed by atoms with Gasteiger partial charge in [0.05, 0.1) is 12.6 Å². The number of amides is 4. The van der Waals surface area contributed by atoms with Crippen molar-refractivity contribution in [2.45, 2.75) is 46.2 Å². The highest BCUT2D eigenvalue weighted by Crippen LogP contribution is 2.27. The highest BCUT2D eigenvalue weighted by atomic mass is 35.5. The molecule has 4 amide bonds. The molecule has 1 aromatic carbocycles. The Bertz CT molecular complexity index is 942. The van der Waals surface area contributed by atoms with E-state index in [1.807, 2.05) is 52.0 Å². The molecule has 1 aromatic rings. The molecule has 2 N–H and O–H groups in total. The van der Waals surface area contributed by atoms with Crippen molar-refractivity contribution >= 4 is 41.4 Å². The van der Waals surface area contributed by atoms with Crippen molar-refractivity contribution in [1.29, 1.82) is 0 Å². The first-order valence-corrected chi connectivity index (χ1v) is 12.5. The molecular formula is C25H36ClN5O4. The van der Waals surface area contributed by atoms with Crippen LogP contribution in [-0.4, -0.2) is 85.3 Å². The SMILES string of the molecule is CC1CC(C=O)N(C(=O)C(NC(=O)NCC(=O)N2CCN(c3cccc(Cl)c3)CC2)C(C)(C)C)C1. The number of benzene rings is 1. The van der Waals surface area contributed by atoms with Crippen LogP contribution in [0.4, 0.5) is 10.5 Å². The van der Waals surface area contributed by atoms with E-state index in [0.717, 1.165) is 12.0 Å². The molecule has 3 rings (SSSR count). The summed E-state index contributed by atoms with van der Waals surface area (Å²) in [7, 11) is 0. The van der Waals surface area contributed by atoms with Gasteiger partial charge in [0.2, 0.25) is 11.8 Å². The summed E-state index contributed by atoms with van der Waals surface area (Å²) in [5.41, 5.74) is 0.443. The van der Waals surface area contributed by atoms with E-state index < -0.39 is 23.5 Å². The first-order valence-electron chi connectivity index (χ1n) is 12.1. The minimum Gasteiger partial charge on any atom is -0.368 e. The lowest BCUT2D eigenvalue weighted by molar-refractivity contribution is -0.138. The molecule has 3 unspecified atom stereocenters. The second-order valence-electron chi connectivity index (χ2n) is 10.5. The van der Waals surface area contributed by atoms with E-state index in [1.165, 1.54) is 0 Å². The molecule has 2 heterocycles. The molecule has 2 aliphatic rings. The van der Waals surface area contributed by atoms with Crippen LogP contribution in [0.25, 0.3) is 0 Å². The molecule has 3 atom stereocenters. The van der Waals surface area contributed by atoms with E-state index in [9.17, 15) is 19.2 Å². The maximum atomic E-state index is 13.2. The summed E-state index contributed by atoms with van der Waals surface area (Å²) in [4.78, 5) is 55.4. The Morgan fingerprint density at radius 1 is 1.17 bits per heavy atom. The molecule has 2 fully saturated rings. The van der Waals surface area contributed by atoms with E-state index in [2.05, 4.69) is 15.5 Å². The van der Waals surface area contributed by atoms with E-state index in [0.29, 0.717) is 44.2 Å². The highest BCUT2D eigenvalue weighted by molar-refractivity contribution is 6.30. The maximum absolute atomic E-state index is 13.2. The van der Waals surface area contributed by atoms with Crippen LogP contribution in [0.2, 0.25) is 5.02 Å². The van der Waals surface area contributed by atoms with Crippen LogP contribution in [0.3, 0.4) is 0 Å². The van der Waals surface area contributed by atoms with Gasteiger partial charge < -0.3 is 30.1 Å². The normalized spacial score (nSPS) is 21.5. The van der Waals surface area contributed by atoms with Crippen LogP contribution in [-0.2, 0) is 14.4 Å². The van der Waals surface area contributed by atoms with Crippen molar-refractivity contribution in [3.05, 3.63) is 29.3 Å². The number of urea groups is 1. The minimum atomic E-state index is -0.827. The molecular weight excluding hydrogens is 470 g/mol. The second-order valence-corrected chi connectivity index (χ2v) is 10.9. The lowest BCUT2D eigenvalue weighted by Crippen LogP contribution is -2.58. The number of piperazine rings is 1. The number of halogens is 1. The number of anilines is 1. The fraction of sp³-hybridized carbons (Fsp3) is 0.600. The number of carbonyl (C=O) groups excluding carboxylic acids is 4. The standard InChI is InChI=1S/C25H36ClN5O4/c1-17-12-20(16-32)31(15-17)23(34)22(25(2,3)4)28-24(35)27-14-21(33)30-10-8-29(9-11-30)19-7-5-6-18(26)13-19/h5-7,13,16-17,20,22H,8-12,14-15H2,1-4H3,(H2,27,28,35). The number of likely N-dealkylation sites (tertiary alicyclic amines) is 1. The maximum Gasteiger partial charge on any atom is 0.315 e. The van der Waals surface area contributed by atoms with Crippen molar-refractivity contribution in [1.82, 2.24) is 20.4 Å². The zero-order valence-corrected chi connectivity index (χ0v) is 21.7. The Morgan fingerprint density at radius 2 is 1.86 bits per heavy atom. The topological polar surface area (TPSA) is 102 Å². The van der Waals surface area contributed by atoms with E-state index >= 15 is 0 Å². The van der Waals surface area contributed by atoms with E-state index in [1.54, 1.807) is 9.80 Å². The van der Waals surface area contributed by atoms with Gasteiger partial charge in [0.25, 0.3) is 0 Å². The Hall–Kier alpha value is -2.81. The number of hydrogen-bond donors (Lipinski definition) is 2. The summed E-state index contributed by atoms with van der Waals surface area (Å²) in [6.07, 6.45) is 1.42. The van der Waals surface area contributed by atoms with Crippen molar-refractivity contribution in [2.24, 2.45) is 11.3 Å². The average molecular weight is 506 g/mol. The summed E-state index contributed by atoms with van der Waals surface area (Å²) < 4.78 is 0. The van der Waals surface area contributed by atoms with E-state index in [4.69, 9.17) is 11.6 Å². The lowest BCUT2D eigenvalue weighted by Gasteiger charge is -2.36. The Morgan fingerprint density at radius 3 is 2.46 bits per heavy atom. The second kappa shape index (κ2) is 11.3. The van der Waals surface area contributed by atoms with E-state index in [-0.39, 0.29) is 24.3 Å². The monoisotopic (exact) mass is 505 g/mol. The fourth-order valence-corrected chi connectivity index (χ4v) is 4.80. The number of carbonyl (C=O) groups is 4. The smallest absolute Gasteiger partial charge is 0.315 e. The first kappa shape index (κ1) is 26.8. The number of hydrogen-bond acceptors (Lipinski definition) is 5. The average Bonchev–Trinajstić information content (AvgIpc) is 3.20. The van der Waals surface area contributed by atoms with Crippen LogP contribution in [0.5, 0.6) is 0 Å². The quantitative estimate of drug-likeness (QED) is 0.577. The predicted molar refractivity (Wildman–Crippen MR) is 135 cm³/mol. The Kier molecular flexibility index (Phi) is 8.64. The Balaban J connectivity index is 1.51. The van der Waals surface area contributed by atoms with Gasteiger partial charge in [-0.3, -0.25) is 9.59 Å². The van der Waals surface area contributed by atoms with Gasteiger partial charge in [-0.1, -0.05) is 45.4 Å². The molecule has 192 valence electrons. The highest BCUT2D eigenvalue weighted by Gasteiger charge is 2.41. The number of nitrogens with zero attached hydrogens (tertiary/aromatic N) is 3. The van der Waals surface area contributed by atoms with Crippen LogP contribution in [0, 0.1) is 11.3 Å². The largest absolute Gasteiger partial charge is 0.368 e. The number of aldehydes is 1. The molecule has 35 heavy (non-hydrogen) atoms. The zero-order valence-electron chi connectivity index (χ0n) is 20.9. The fourth-order valence-electron chi connectivity index (χ4n) is 4.62. The van der Waals surface area contributed by atoms with Gasteiger partial charge in [-0.15, -0.1) is 0 Å². The van der Waals surface area contributed by atoms with Gasteiger partial charge in [-0.2, -0.15) is 0 Å². The molecule has 0 spiro atoms. The summed E-state index contributed by atoms with van der Waals surface area (Å²) in [5, 5.41) is 6.01. The van der Waals surface area contributed by atoms with Crippen LogP contribution in [0.15, 0.2) is 24.3 Å². The third-order valence-electron chi connectivity index (χ3n) is 6.59. The number of nitrogens with one attached hydrogen (secondary N) is 2. The molecule has 9 nitrogen and oxygen atoms in total. The molecule has 10 heteroatoms. The molecule has 2 aliphatic heterocycles. The lowest BCUT2D eigenvalue weighted by atomic mass is 9.85. The van der Waals surface area contributed by atoms with Crippen molar-refractivity contribution in [2.75, 3.05) is 44.2 Å². The summed E-state index contributed by atoms with van der Waals surface area (Å²) >= 11 is 6.08. The molecule has 0 bridgehead atoms. The zero-order chi connectivity index (χ0) is 25.8. The van der Waals surface area contributed by atoms with Gasteiger partial charge >= 0.3 is 6.03 Å². The van der Waals surface area contributed by atoms with Gasteiger partial charge in [0.1, 0.15) is 12.3 Å². The van der Waals surface area contributed by atoms with Crippen molar-refractivity contribution in [3.63, 3.8) is 0 Å². The minimum absolute atomic E-state index is 0.161. The molecule has 2 saturated heterocycles. The molecule has 0 saturated carbocycles.